The molecule has 1 fully saturated rings. The van der Waals surface area contributed by atoms with E-state index in [4.69, 9.17) is 4.74 Å². The van der Waals surface area contributed by atoms with Gasteiger partial charge < -0.3 is 15.0 Å². The smallest absolute Gasteiger partial charge is 0.410 e. The Morgan fingerprint density at radius 2 is 2.22 bits per heavy atom. The highest BCUT2D eigenvalue weighted by atomic mass is 32.2. The lowest BCUT2D eigenvalue weighted by Crippen LogP contribution is -2.41. The first-order chi connectivity index (χ1) is 8.31. The average molecular weight is 274 g/mol. The van der Waals surface area contributed by atoms with E-state index in [0.717, 1.165) is 25.3 Å². The first kappa shape index (κ1) is 15.6. The minimum atomic E-state index is -0.408. The number of nitrogens with zero attached hydrogens (tertiary/aromatic N) is 1. The molecule has 1 heterocycles. The summed E-state index contributed by atoms with van der Waals surface area (Å²) in [6.45, 7) is 9.44. The largest absolute Gasteiger partial charge is 0.444 e. The average Bonchev–Trinajstić information content (AvgIpc) is 2.63. The third-order valence-electron chi connectivity index (χ3n) is 2.78. The lowest BCUT2D eigenvalue weighted by molar-refractivity contribution is 0.0290. The highest BCUT2D eigenvalue weighted by Crippen LogP contribution is 2.15. The van der Waals surface area contributed by atoms with E-state index in [2.05, 4.69) is 18.5 Å². The number of carbonyl (C=O) groups is 1. The van der Waals surface area contributed by atoms with Crippen molar-refractivity contribution in [2.45, 2.75) is 51.8 Å². The molecule has 1 aliphatic rings. The molecule has 0 aromatic heterocycles. The van der Waals surface area contributed by atoms with Gasteiger partial charge in [0.1, 0.15) is 5.60 Å². The molecule has 1 saturated heterocycles. The van der Waals surface area contributed by atoms with Gasteiger partial charge in [-0.25, -0.2) is 4.79 Å². The van der Waals surface area contributed by atoms with Crippen molar-refractivity contribution in [3.8, 4) is 0 Å². The summed E-state index contributed by atoms with van der Waals surface area (Å²) in [7, 11) is 0. The Balaban J connectivity index is 2.34. The van der Waals surface area contributed by atoms with Crippen LogP contribution in [0.1, 0.15) is 34.1 Å². The van der Waals surface area contributed by atoms with Crippen LogP contribution >= 0.6 is 11.8 Å². The summed E-state index contributed by atoms with van der Waals surface area (Å²) in [5, 5.41) is 3.56. The molecule has 1 aliphatic heterocycles. The Hall–Kier alpha value is -0.420. The molecule has 4 nitrogen and oxygen atoms in total. The number of amides is 1. The molecule has 0 aliphatic carbocycles. The number of carbonyl (C=O) groups excluding carboxylic acids is 1. The highest BCUT2D eigenvalue weighted by molar-refractivity contribution is 7.98. The fourth-order valence-electron chi connectivity index (χ4n) is 2.09. The second kappa shape index (κ2) is 6.66. The number of ether oxygens (including phenoxy) is 1. The van der Waals surface area contributed by atoms with Crippen molar-refractivity contribution >= 4 is 17.9 Å². The molecule has 1 N–H and O–H groups in total. The van der Waals surface area contributed by atoms with Crippen LogP contribution in [0.2, 0.25) is 0 Å². The van der Waals surface area contributed by atoms with Crippen LogP contribution < -0.4 is 5.32 Å². The van der Waals surface area contributed by atoms with Crippen molar-refractivity contribution in [3.63, 3.8) is 0 Å². The van der Waals surface area contributed by atoms with Gasteiger partial charge in [0.25, 0.3) is 0 Å². The number of thioether (sulfide) groups is 1. The maximum absolute atomic E-state index is 11.9. The number of hydrogen-bond acceptors (Lipinski definition) is 4. The van der Waals surface area contributed by atoms with Crippen LogP contribution in [-0.4, -0.2) is 53.8 Å². The Kier molecular flexibility index (Phi) is 5.79. The first-order valence-electron chi connectivity index (χ1n) is 6.54. The van der Waals surface area contributed by atoms with E-state index in [-0.39, 0.29) is 6.09 Å². The van der Waals surface area contributed by atoms with Gasteiger partial charge in [0.15, 0.2) is 0 Å². The van der Waals surface area contributed by atoms with Crippen LogP contribution in [0.15, 0.2) is 0 Å². The molecule has 1 rings (SSSR count). The van der Waals surface area contributed by atoms with Gasteiger partial charge in [-0.15, -0.1) is 0 Å². The molecular formula is C13H26N2O2S. The summed E-state index contributed by atoms with van der Waals surface area (Å²) in [6, 6.07) is 0.892. The molecule has 5 heteroatoms. The van der Waals surface area contributed by atoms with Crippen molar-refractivity contribution in [2.24, 2.45) is 0 Å². The summed E-state index contributed by atoms with van der Waals surface area (Å²) in [5.74, 6) is 1.10. The fourth-order valence-corrected chi connectivity index (χ4v) is 2.69. The van der Waals surface area contributed by atoms with Crippen molar-refractivity contribution in [1.29, 1.82) is 0 Å². The zero-order chi connectivity index (χ0) is 13.8. The molecule has 0 aromatic carbocycles. The predicted octanol–water partition coefficient (Wildman–Crippen LogP) is 2.34. The van der Waals surface area contributed by atoms with Gasteiger partial charge >= 0.3 is 6.09 Å². The van der Waals surface area contributed by atoms with Crippen molar-refractivity contribution in [1.82, 2.24) is 10.2 Å². The van der Waals surface area contributed by atoms with Gasteiger partial charge in [0, 0.05) is 30.9 Å². The van der Waals surface area contributed by atoms with Crippen molar-refractivity contribution < 1.29 is 9.53 Å². The number of likely N-dealkylation sites (tertiary alicyclic amines) is 1. The Labute approximate surface area is 115 Å². The maximum Gasteiger partial charge on any atom is 0.410 e. The van der Waals surface area contributed by atoms with E-state index < -0.39 is 5.60 Å². The van der Waals surface area contributed by atoms with E-state index in [1.807, 2.05) is 32.5 Å². The van der Waals surface area contributed by atoms with E-state index in [9.17, 15) is 4.79 Å². The molecule has 2 atom stereocenters. The topological polar surface area (TPSA) is 41.6 Å². The Bertz CT molecular complexity index is 279. The quantitative estimate of drug-likeness (QED) is 0.854. The lowest BCUT2D eigenvalue weighted by Gasteiger charge is -2.25. The minimum absolute atomic E-state index is 0.190. The molecule has 0 spiro atoms. The molecule has 0 saturated carbocycles. The highest BCUT2D eigenvalue weighted by Gasteiger charge is 2.29. The van der Waals surface area contributed by atoms with Crippen LogP contribution in [0.25, 0.3) is 0 Å². The molecule has 1 amide bonds. The van der Waals surface area contributed by atoms with Crippen LogP contribution in [0, 0.1) is 0 Å². The van der Waals surface area contributed by atoms with Crippen molar-refractivity contribution in [2.75, 3.05) is 25.1 Å². The summed E-state index contributed by atoms with van der Waals surface area (Å²) < 4.78 is 5.38. The zero-order valence-electron chi connectivity index (χ0n) is 12.2. The first-order valence-corrected chi connectivity index (χ1v) is 7.94. The summed E-state index contributed by atoms with van der Waals surface area (Å²) >= 11 is 1.84. The third kappa shape index (κ3) is 5.48. The van der Waals surface area contributed by atoms with Crippen LogP contribution in [0.3, 0.4) is 0 Å². The summed E-state index contributed by atoms with van der Waals surface area (Å²) in [6.07, 6.45) is 2.93. The second-order valence-corrected chi connectivity index (χ2v) is 6.85. The normalized spacial score (nSPS) is 22.1. The summed E-state index contributed by atoms with van der Waals surface area (Å²) in [4.78, 5) is 13.7. The number of nitrogens with one attached hydrogen (secondary N) is 1. The van der Waals surface area contributed by atoms with Gasteiger partial charge in [-0.1, -0.05) is 0 Å². The Morgan fingerprint density at radius 1 is 1.56 bits per heavy atom. The van der Waals surface area contributed by atoms with E-state index in [1.54, 1.807) is 4.90 Å². The maximum atomic E-state index is 11.9. The van der Waals surface area contributed by atoms with E-state index in [1.165, 1.54) is 0 Å². The van der Waals surface area contributed by atoms with Gasteiger partial charge in [-0.05, 0) is 40.4 Å². The predicted molar refractivity (Wildman–Crippen MR) is 77.2 cm³/mol. The molecule has 0 aromatic rings. The van der Waals surface area contributed by atoms with E-state index >= 15 is 0 Å². The van der Waals surface area contributed by atoms with Crippen LogP contribution in [0.5, 0.6) is 0 Å². The molecule has 106 valence electrons. The molecule has 0 radical (unpaired) electrons. The van der Waals surface area contributed by atoms with E-state index in [0.29, 0.717) is 12.1 Å². The monoisotopic (exact) mass is 274 g/mol. The molecule has 0 bridgehead atoms. The molecular weight excluding hydrogens is 248 g/mol. The third-order valence-corrected chi connectivity index (χ3v) is 3.61. The Morgan fingerprint density at radius 3 is 2.78 bits per heavy atom. The zero-order valence-corrected chi connectivity index (χ0v) is 13.0. The van der Waals surface area contributed by atoms with Gasteiger partial charge in [-0.2, -0.15) is 11.8 Å². The molecule has 2 unspecified atom stereocenters. The second-order valence-electron chi connectivity index (χ2n) is 5.94. The summed E-state index contributed by atoms with van der Waals surface area (Å²) in [5.41, 5.74) is -0.408. The fraction of sp³-hybridized carbons (Fsp3) is 0.923. The number of hydrogen-bond donors (Lipinski definition) is 1. The van der Waals surface area contributed by atoms with Crippen molar-refractivity contribution in [3.05, 3.63) is 0 Å². The van der Waals surface area contributed by atoms with Crippen LogP contribution in [-0.2, 0) is 4.74 Å². The minimum Gasteiger partial charge on any atom is -0.444 e. The number of rotatable bonds is 4. The standard InChI is InChI=1S/C13H26N2O2S/c1-10(9-18-5)14-11-6-7-15(8-11)12(16)17-13(2,3)4/h10-11,14H,6-9H2,1-5H3. The van der Waals surface area contributed by atoms with Gasteiger partial charge in [0.05, 0.1) is 0 Å². The van der Waals surface area contributed by atoms with Gasteiger partial charge in [0.2, 0.25) is 0 Å². The van der Waals surface area contributed by atoms with Gasteiger partial charge in [-0.3, -0.25) is 0 Å². The molecule has 18 heavy (non-hydrogen) atoms. The van der Waals surface area contributed by atoms with Crippen LogP contribution in [0.4, 0.5) is 4.79 Å². The lowest BCUT2D eigenvalue weighted by atomic mass is 10.2. The SMILES string of the molecule is CSCC(C)NC1CCN(C(=O)OC(C)(C)C)C1.